The van der Waals surface area contributed by atoms with E-state index in [0.29, 0.717) is 11.8 Å². The number of nitrogens with zero attached hydrogens (tertiary/aromatic N) is 2. The number of unbranched alkanes of at least 4 members (excludes halogenated alkanes) is 1. The molecule has 0 aliphatic heterocycles. The first kappa shape index (κ1) is 13.2. The standard InChI is InChI=1S/C13H20Cl2N2/c1-2-3-8-17-13(15)11(9-14)12(16-17)10-6-4-5-7-10/h10H,2-9H2,1H3. The Balaban J connectivity index is 2.24. The van der Waals surface area contributed by atoms with Crippen LogP contribution in [0.5, 0.6) is 0 Å². The molecule has 0 bridgehead atoms. The Morgan fingerprint density at radius 1 is 1.35 bits per heavy atom. The molecule has 1 saturated carbocycles. The summed E-state index contributed by atoms with van der Waals surface area (Å²) in [5, 5.41) is 5.46. The van der Waals surface area contributed by atoms with Gasteiger partial charge < -0.3 is 0 Å². The molecule has 4 heteroatoms. The fraction of sp³-hybridized carbons (Fsp3) is 0.769. The lowest BCUT2D eigenvalue weighted by molar-refractivity contribution is 0.555. The van der Waals surface area contributed by atoms with E-state index in [9.17, 15) is 0 Å². The van der Waals surface area contributed by atoms with Gasteiger partial charge >= 0.3 is 0 Å². The average molecular weight is 275 g/mol. The number of hydrogen-bond donors (Lipinski definition) is 0. The SMILES string of the molecule is CCCCn1nc(C2CCCC2)c(CCl)c1Cl. The Kier molecular flexibility index (Phi) is 4.75. The second kappa shape index (κ2) is 6.10. The fourth-order valence-corrected chi connectivity index (χ4v) is 3.22. The summed E-state index contributed by atoms with van der Waals surface area (Å²) >= 11 is 12.4. The second-order valence-corrected chi connectivity index (χ2v) is 5.47. The Bertz CT molecular complexity index is 368. The van der Waals surface area contributed by atoms with Crippen LogP contribution in [0.3, 0.4) is 0 Å². The van der Waals surface area contributed by atoms with E-state index in [1.54, 1.807) is 0 Å². The molecule has 96 valence electrons. The molecule has 1 aliphatic carbocycles. The second-order valence-electron chi connectivity index (χ2n) is 4.85. The van der Waals surface area contributed by atoms with E-state index in [2.05, 4.69) is 6.92 Å². The number of halogens is 2. The number of aryl methyl sites for hydroxylation is 1. The summed E-state index contributed by atoms with van der Waals surface area (Å²) in [5.74, 6) is 1.07. The summed E-state index contributed by atoms with van der Waals surface area (Å²) in [6, 6.07) is 0. The van der Waals surface area contributed by atoms with E-state index in [0.717, 1.165) is 30.1 Å². The number of aromatic nitrogens is 2. The minimum atomic E-state index is 0.483. The summed E-state index contributed by atoms with van der Waals surface area (Å²) in [6.07, 6.45) is 7.38. The van der Waals surface area contributed by atoms with Gasteiger partial charge in [0.25, 0.3) is 0 Å². The van der Waals surface area contributed by atoms with Crippen LogP contribution in [0.15, 0.2) is 0 Å². The number of hydrogen-bond acceptors (Lipinski definition) is 1. The van der Waals surface area contributed by atoms with Crippen molar-refractivity contribution in [3.05, 3.63) is 16.4 Å². The molecule has 0 spiro atoms. The molecular weight excluding hydrogens is 255 g/mol. The zero-order valence-electron chi connectivity index (χ0n) is 10.4. The minimum Gasteiger partial charge on any atom is -0.253 e. The van der Waals surface area contributed by atoms with Gasteiger partial charge in [0.1, 0.15) is 5.15 Å². The maximum atomic E-state index is 6.36. The molecule has 0 saturated heterocycles. The van der Waals surface area contributed by atoms with Gasteiger partial charge in [-0.3, -0.25) is 4.68 Å². The number of rotatable bonds is 5. The normalized spacial score (nSPS) is 16.9. The summed E-state index contributed by atoms with van der Waals surface area (Å²) in [6.45, 7) is 3.09. The van der Waals surface area contributed by atoms with Crippen LogP contribution >= 0.6 is 23.2 Å². The first-order chi connectivity index (χ1) is 8.27. The molecule has 0 aromatic carbocycles. The topological polar surface area (TPSA) is 17.8 Å². The molecule has 0 amide bonds. The van der Waals surface area contributed by atoms with Crippen LogP contribution in [0.2, 0.25) is 5.15 Å². The van der Waals surface area contributed by atoms with Gasteiger partial charge in [0.2, 0.25) is 0 Å². The van der Waals surface area contributed by atoms with Crippen molar-refractivity contribution >= 4 is 23.2 Å². The van der Waals surface area contributed by atoms with E-state index >= 15 is 0 Å². The summed E-state index contributed by atoms with van der Waals surface area (Å²) in [4.78, 5) is 0. The van der Waals surface area contributed by atoms with Crippen molar-refractivity contribution in [3.8, 4) is 0 Å². The maximum absolute atomic E-state index is 6.36. The lowest BCUT2D eigenvalue weighted by Crippen LogP contribution is -2.02. The third-order valence-corrected chi connectivity index (χ3v) is 4.30. The Morgan fingerprint density at radius 3 is 2.65 bits per heavy atom. The van der Waals surface area contributed by atoms with Crippen LogP contribution in [0.4, 0.5) is 0 Å². The van der Waals surface area contributed by atoms with Crippen LogP contribution in [0, 0.1) is 0 Å². The van der Waals surface area contributed by atoms with E-state index in [4.69, 9.17) is 28.3 Å². The predicted octanol–water partition coefficient (Wildman–Crippen LogP) is 4.73. The van der Waals surface area contributed by atoms with Gasteiger partial charge in [0, 0.05) is 18.0 Å². The van der Waals surface area contributed by atoms with Crippen LogP contribution in [-0.2, 0) is 12.4 Å². The highest BCUT2D eigenvalue weighted by Gasteiger charge is 2.25. The molecule has 1 aromatic rings. The van der Waals surface area contributed by atoms with Crippen LogP contribution in [0.25, 0.3) is 0 Å². The Labute approximate surface area is 113 Å². The fourth-order valence-electron chi connectivity index (χ4n) is 2.60. The summed E-state index contributed by atoms with van der Waals surface area (Å²) in [5.41, 5.74) is 2.23. The van der Waals surface area contributed by atoms with Crippen molar-refractivity contribution in [1.29, 1.82) is 0 Å². The van der Waals surface area contributed by atoms with Gasteiger partial charge in [0.05, 0.1) is 11.6 Å². The van der Waals surface area contributed by atoms with Gasteiger partial charge in [-0.25, -0.2) is 0 Å². The zero-order valence-corrected chi connectivity index (χ0v) is 11.9. The van der Waals surface area contributed by atoms with E-state index in [-0.39, 0.29) is 0 Å². The van der Waals surface area contributed by atoms with Gasteiger partial charge in [0.15, 0.2) is 0 Å². The largest absolute Gasteiger partial charge is 0.253 e. The van der Waals surface area contributed by atoms with E-state index in [1.165, 1.54) is 31.4 Å². The van der Waals surface area contributed by atoms with Crippen molar-refractivity contribution in [1.82, 2.24) is 9.78 Å². The molecule has 0 atom stereocenters. The molecule has 0 N–H and O–H groups in total. The van der Waals surface area contributed by atoms with E-state index < -0.39 is 0 Å². The Morgan fingerprint density at radius 2 is 2.06 bits per heavy atom. The van der Waals surface area contributed by atoms with Gasteiger partial charge in [-0.1, -0.05) is 37.8 Å². The van der Waals surface area contributed by atoms with Crippen molar-refractivity contribution in [2.24, 2.45) is 0 Å². The van der Waals surface area contributed by atoms with Crippen molar-refractivity contribution in [2.75, 3.05) is 0 Å². The van der Waals surface area contributed by atoms with Gasteiger partial charge in [-0.2, -0.15) is 5.10 Å². The average Bonchev–Trinajstić information content (AvgIpc) is 2.94. The quantitative estimate of drug-likeness (QED) is 0.710. The van der Waals surface area contributed by atoms with Crippen molar-refractivity contribution in [3.63, 3.8) is 0 Å². The third kappa shape index (κ3) is 2.79. The van der Waals surface area contributed by atoms with Crippen LogP contribution in [-0.4, -0.2) is 9.78 Å². The summed E-state index contributed by atoms with van der Waals surface area (Å²) in [7, 11) is 0. The minimum absolute atomic E-state index is 0.483. The van der Waals surface area contributed by atoms with Gasteiger partial charge in [-0.05, 0) is 19.3 Å². The molecule has 2 rings (SSSR count). The summed E-state index contributed by atoms with van der Waals surface area (Å²) < 4.78 is 1.94. The molecular formula is C13H20Cl2N2. The molecule has 2 nitrogen and oxygen atoms in total. The third-order valence-electron chi connectivity index (χ3n) is 3.61. The molecule has 0 unspecified atom stereocenters. The predicted molar refractivity (Wildman–Crippen MR) is 72.9 cm³/mol. The zero-order chi connectivity index (χ0) is 12.3. The smallest absolute Gasteiger partial charge is 0.131 e. The highest BCUT2D eigenvalue weighted by atomic mass is 35.5. The molecule has 1 fully saturated rings. The lowest BCUT2D eigenvalue weighted by Gasteiger charge is -2.06. The first-order valence-corrected chi connectivity index (χ1v) is 7.50. The van der Waals surface area contributed by atoms with Crippen LogP contribution in [0.1, 0.15) is 62.6 Å². The lowest BCUT2D eigenvalue weighted by atomic mass is 10.0. The first-order valence-electron chi connectivity index (χ1n) is 6.59. The monoisotopic (exact) mass is 274 g/mol. The van der Waals surface area contributed by atoms with Crippen molar-refractivity contribution in [2.45, 2.75) is 63.8 Å². The molecule has 1 aromatic heterocycles. The van der Waals surface area contributed by atoms with Crippen LogP contribution < -0.4 is 0 Å². The Hall–Kier alpha value is -0.210. The molecule has 1 heterocycles. The molecule has 0 radical (unpaired) electrons. The number of alkyl halides is 1. The van der Waals surface area contributed by atoms with Gasteiger partial charge in [-0.15, -0.1) is 11.6 Å². The van der Waals surface area contributed by atoms with E-state index in [1.807, 2.05) is 4.68 Å². The highest BCUT2D eigenvalue weighted by molar-refractivity contribution is 6.31. The van der Waals surface area contributed by atoms with Crippen molar-refractivity contribution < 1.29 is 0 Å². The highest BCUT2D eigenvalue weighted by Crippen LogP contribution is 2.37. The molecule has 17 heavy (non-hydrogen) atoms. The maximum Gasteiger partial charge on any atom is 0.131 e. The molecule has 1 aliphatic rings.